The third-order valence-corrected chi connectivity index (χ3v) is 3.75. The van der Waals surface area contributed by atoms with Crippen LogP contribution in [0.1, 0.15) is 18.4 Å². The number of thioether (sulfide) groups is 1. The molecule has 10 heteroatoms. The fourth-order valence-electron chi connectivity index (χ4n) is 1.95. The number of alkyl halides is 3. The molecule has 0 unspecified atom stereocenters. The minimum Gasteiger partial charge on any atom is -0.329 e. The number of benzene rings is 1. The van der Waals surface area contributed by atoms with E-state index in [2.05, 4.69) is 24.7 Å². The van der Waals surface area contributed by atoms with Gasteiger partial charge in [-0.1, -0.05) is 48.1 Å². The van der Waals surface area contributed by atoms with E-state index >= 15 is 0 Å². The number of hydrogen-bond acceptors (Lipinski definition) is 6. The smallest absolute Gasteiger partial charge is 0.329 e. The summed E-state index contributed by atoms with van der Waals surface area (Å²) in [6, 6.07) is 6.82. The Balaban J connectivity index is 1.72. The lowest BCUT2D eigenvalue weighted by molar-refractivity contribution is -0.159. The lowest BCUT2D eigenvalue weighted by atomic mass is 10.1. The Bertz CT molecular complexity index is 812. The molecule has 3 aromatic rings. The first-order chi connectivity index (χ1) is 11.5. The summed E-state index contributed by atoms with van der Waals surface area (Å²) in [7, 11) is 0. The van der Waals surface area contributed by atoms with Gasteiger partial charge in [0.05, 0.1) is 6.54 Å². The van der Waals surface area contributed by atoms with Crippen molar-refractivity contribution in [1.29, 1.82) is 0 Å². The lowest BCUT2D eigenvalue weighted by Crippen LogP contribution is -2.04. The van der Waals surface area contributed by atoms with E-state index in [1.165, 1.54) is 0 Å². The molecule has 0 bridgehead atoms. The van der Waals surface area contributed by atoms with Crippen LogP contribution in [-0.4, -0.2) is 30.7 Å². The van der Waals surface area contributed by atoms with Crippen molar-refractivity contribution in [2.45, 2.75) is 24.8 Å². The Labute approximate surface area is 139 Å². The van der Waals surface area contributed by atoms with Crippen LogP contribution in [0.25, 0.3) is 11.4 Å². The van der Waals surface area contributed by atoms with E-state index in [1.807, 2.05) is 6.92 Å². The standard InChI is InChI=1S/C14H12F3N5OS/c1-2-24-13-18-8-22(20-13)7-9-3-5-10(6-4-9)11-19-12(23-21-11)14(15,16)17/h3-6,8H,2,7H2,1H3. The second-order valence-electron chi connectivity index (χ2n) is 4.78. The SMILES string of the molecule is CCSc1ncn(Cc2ccc(-c3noc(C(F)(F)F)n3)cc2)n1. The molecule has 0 aliphatic rings. The highest BCUT2D eigenvalue weighted by Crippen LogP contribution is 2.29. The second kappa shape index (κ2) is 6.63. The van der Waals surface area contributed by atoms with Crippen molar-refractivity contribution < 1.29 is 17.7 Å². The Morgan fingerprint density at radius 1 is 1.21 bits per heavy atom. The molecule has 1 aromatic carbocycles. The van der Waals surface area contributed by atoms with Gasteiger partial charge in [0, 0.05) is 5.56 Å². The molecule has 24 heavy (non-hydrogen) atoms. The number of rotatable bonds is 5. The van der Waals surface area contributed by atoms with E-state index in [0.717, 1.165) is 11.3 Å². The normalized spacial score (nSPS) is 11.8. The van der Waals surface area contributed by atoms with Crippen LogP contribution in [0.3, 0.4) is 0 Å². The molecule has 0 radical (unpaired) electrons. The fourth-order valence-corrected chi connectivity index (χ4v) is 2.49. The molecule has 0 saturated carbocycles. The van der Waals surface area contributed by atoms with Crippen LogP contribution in [0.4, 0.5) is 13.2 Å². The average molecular weight is 355 g/mol. The third kappa shape index (κ3) is 3.75. The van der Waals surface area contributed by atoms with Crippen LogP contribution in [0.5, 0.6) is 0 Å². The Hall–Kier alpha value is -2.36. The molecule has 2 aromatic heterocycles. The van der Waals surface area contributed by atoms with Gasteiger partial charge in [0.15, 0.2) is 0 Å². The molecule has 0 aliphatic carbocycles. The summed E-state index contributed by atoms with van der Waals surface area (Å²) in [6.07, 6.45) is -3.01. The predicted molar refractivity (Wildman–Crippen MR) is 80.3 cm³/mol. The zero-order chi connectivity index (χ0) is 17.2. The average Bonchev–Trinajstić information content (AvgIpc) is 3.18. The zero-order valence-corrected chi connectivity index (χ0v) is 13.3. The largest absolute Gasteiger partial charge is 0.471 e. The maximum atomic E-state index is 12.5. The van der Waals surface area contributed by atoms with Gasteiger partial charge in [-0.05, 0) is 11.3 Å². The first-order valence-corrected chi connectivity index (χ1v) is 7.96. The van der Waals surface area contributed by atoms with Crippen LogP contribution < -0.4 is 0 Å². The molecule has 6 nitrogen and oxygen atoms in total. The minimum atomic E-state index is -4.65. The van der Waals surface area contributed by atoms with Crippen molar-refractivity contribution in [3.63, 3.8) is 0 Å². The molecule has 3 rings (SSSR count). The van der Waals surface area contributed by atoms with Crippen molar-refractivity contribution in [2.75, 3.05) is 5.75 Å². The van der Waals surface area contributed by atoms with Gasteiger partial charge in [-0.15, -0.1) is 5.10 Å². The molecule has 0 fully saturated rings. The van der Waals surface area contributed by atoms with E-state index in [9.17, 15) is 13.2 Å². The van der Waals surface area contributed by atoms with E-state index in [-0.39, 0.29) is 5.82 Å². The first kappa shape index (κ1) is 16.5. The van der Waals surface area contributed by atoms with Gasteiger partial charge in [0.25, 0.3) is 0 Å². The van der Waals surface area contributed by atoms with E-state index in [4.69, 9.17) is 0 Å². The fraction of sp³-hybridized carbons (Fsp3) is 0.286. The summed E-state index contributed by atoms with van der Waals surface area (Å²) < 4.78 is 43.3. The van der Waals surface area contributed by atoms with Gasteiger partial charge in [-0.2, -0.15) is 18.2 Å². The summed E-state index contributed by atoms with van der Waals surface area (Å²) in [5.74, 6) is -0.565. The summed E-state index contributed by atoms with van der Waals surface area (Å²) in [4.78, 5) is 7.52. The predicted octanol–water partition coefficient (Wildman–Crippen LogP) is 3.51. The summed E-state index contributed by atoms with van der Waals surface area (Å²) >= 11 is 1.55. The summed E-state index contributed by atoms with van der Waals surface area (Å²) in [5, 5.41) is 8.37. The van der Waals surface area contributed by atoms with Crippen LogP contribution in [0, 0.1) is 0 Å². The Kier molecular flexibility index (Phi) is 4.56. The van der Waals surface area contributed by atoms with Crippen molar-refractivity contribution in [2.24, 2.45) is 0 Å². The molecule has 126 valence electrons. The quantitative estimate of drug-likeness (QED) is 0.653. The van der Waals surface area contributed by atoms with Crippen LogP contribution in [0.2, 0.25) is 0 Å². The van der Waals surface area contributed by atoms with Crippen molar-refractivity contribution >= 4 is 11.8 Å². The van der Waals surface area contributed by atoms with Crippen molar-refractivity contribution in [3.8, 4) is 11.4 Å². The van der Waals surface area contributed by atoms with Gasteiger partial charge in [-0.3, -0.25) is 0 Å². The molecule has 0 spiro atoms. The van der Waals surface area contributed by atoms with E-state index < -0.39 is 12.1 Å². The molecule has 0 atom stereocenters. The molecule has 0 amide bonds. The highest BCUT2D eigenvalue weighted by Gasteiger charge is 2.38. The monoisotopic (exact) mass is 355 g/mol. The molecule has 0 aliphatic heterocycles. The lowest BCUT2D eigenvalue weighted by Gasteiger charge is -2.02. The van der Waals surface area contributed by atoms with Crippen LogP contribution in [0.15, 0.2) is 40.3 Å². The summed E-state index contributed by atoms with van der Waals surface area (Å²) in [6.45, 7) is 2.53. The maximum absolute atomic E-state index is 12.5. The highest BCUT2D eigenvalue weighted by molar-refractivity contribution is 7.99. The van der Waals surface area contributed by atoms with Crippen molar-refractivity contribution in [1.82, 2.24) is 24.9 Å². The number of halogens is 3. The van der Waals surface area contributed by atoms with Gasteiger partial charge in [0.1, 0.15) is 6.33 Å². The number of aromatic nitrogens is 5. The topological polar surface area (TPSA) is 69.6 Å². The molecule has 0 saturated heterocycles. The molecule has 0 N–H and O–H groups in total. The van der Waals surface area contributed by atoms with E-state index in [1.54, 1.807) is 47.0 Å². The number of hydrogen-bond donors (Lipinski definition) is 0. The third-order valence-electron chi connectivity index (χ3n) is 3.01. The Morgan fingerprint density at radius 2 is 1.96 bits per heavy atom. The summed E-state index contributed by atoms with van der Waals surface area (Å²) in [5.41, 5.74) is 1.37. The van der Waals surface area contributed by atoms with Gasteiger partial charge >= 0.3 is 12.1 Å². The van der Waals surface area contributed by atoms with Gasteiger partial charge in [0.2, 0.25) is 11.0 Å². The van der Waals surface area contributed by atoms with Crippen LogP contribution >= 0.6 is 11.8 Å². The highest BCUT2D eigenvalue weighted by atomic mass is 32.2. The molecule has 2 heterocycles. The van der Waals surface area contributed by atoms with Gasteiger partial charge in [-0.25, -0.2) is 9.67 Å². The van der Waals surface area contributed by atoms with Gasteiger partial charge < -0.3 is 4.52 Å². The first-order valence-electron chi connectivity index (χ1n) is 6.98. The second-order valence-corrected chi connectivity index (χ2v) is 6.01. The minimum absolute atomic E-state index is 0.101. The Morgan fingerprint density at radius 3 is 2.58 bits per heavy atom. The van der Waals surface area contributed by atoms with E-state index in [0.29, 0.717) is 17.3 Å². The molecular formula is C14H12F3N5OS. The van der Waals surface area contributed by atoms with Crippen LogP contribution in [-0.2, 0) is 12.7 Å². The van der Waals surface area contributed by atoms with Crippen molar-refractivity contribution in [3.05, 3.63) is 42.0 Å². The zero-order valence-electron chi connectivity index (χ0n) is 12.5. The molecular weight excluding hydrogens is 343 g/mol. The number of nitrogens with zero attached hydrogens (tertiary/aromatic N) is 5. The maximum Gasteiger partial charge on any atom is 0.471 e.